The number of hydrogen-bond donors (Lipinski definition) is 1. The molecule has 1 heterocycles. The molecule has 0 aliphatic heterocycles. The Kier molecular flexibility index (Phi) is 4.22. The van der Waals surface area contributed by atoms with E-state index in [9.17, 15) is 0 Å². The predicted molar refractivity (Wildman–Crippen MR) is 77.8 cm³/mol. The van der Waals surface area contributed by atoms with Crippen LogP contribution in [0.15, 0.2) is 30.5 Å². The molecule has 0 atom stereocenters. The zero-order chi connectivity index (χ0) is 13.8. The van der Waals surface area contributed by atoms with E-state index in [1.54, 1.807) is 7.11 Å². The largest absolute Gasteiger partial charge is 0.380 e. The zero-order valence-electron chi connectivity index (χ0n) is 12.0. The van der Waals surface area contributed by atoms with Crippen LogP contribution in [0.1, 0.15) is 25.1 Å². The molecule has 1 aromatic heterocycles. The first kappa shape index (κ1) is 13.6. The number of aromatic nitrogens is 2. The van der Waals surface area contributed by atoms with E-state index in [1.165, 1.54) is 0 Å². The third kappa shape index (κ3) is 3.15. The molecule has 4 nitrogen and oxygen atoms in total. The standard InChI is InChI=1S/C15H21N3O/c1-11(2)16-15-17-12(3)9-18(15)14-8-6-5-7-13(14)10-19-4/h5-9,11H,10H2,1-4H3,(H,16,17). The molecular formula is C15H21N3O. The van der Waals surface area contributed by atoms with Crippen LogP contribution < -0.4 is 5.32 Å². The van der Waals surface area contributed by atoms with E-state index in [0.29, 0.717) is 12.6 Å². The van der Waals surface area contributed by atoms with E-state index in [-0.39, 0.29) is 0 Å². The van der Waals surface area contributed by atoms with E-state index < -0.39 is 0 Å². The van der Waals surface area contributed by atoms with Crippen molar-refractivity contribution in [3.63, 3.8) is 0 Å². The van der Waals surface area contributed by atoms with Gasteiger partial charge in [-0.3, -0.25) is 4.57 Å². The van der Waals surface area contributed by atoms with Crippen LogP contribution >= 0.6 is 0 Å². The molecular weight excluding hydrogens is 238 g/mol. The van der Waals surface area contributed by atoms with Gasteiger partial charge in [-0.1, -0.05) is 18.2 Å². The number of methoxy groups -OCH3 is 1. The molecule has 0 saturated heterocycles. The Bertz CT molecular complexity index is 546. The Morgan fingerprint density at radius 1 is 1.32 bits per heavy atom. The summed E-state index contributed by atoms with van der Waals surface area (Å²) in [5.41, 5.74) is 3.25. The van der Waals surface area contributed by atoms with Crippen molar-refractivity contribution in [3.8, 4) is 5.69 Å². The van der Waals surface area contributed by atoms with E-state index in [2.05, 4.69) is 40.8 Å². The molecule has 0 saturated carbocycles. The number of anilines is 1. The summed E-state index contributed by atoms with van der Waals surface area (Å²) in [6.07, 6.45) is 2.04. The maximum absolute atomic E-state index is 5.26. The third-order valence-electron chi connectivity index (χ3n) is 2.80. The van der Waals surface area contributed by atoms with Gasteiger partial charge in [0, 0.05) is 24.9 Å². The maximum atomic E-state index is 5.26. The molecule has 1 aromatic carbocycles. The van der Waals surface area contributed by atoms with Crippen LogP contribution in [0.5, 0.6) is 0 Å². The molecule has 19 heavy (non-hydrogen) atoms. The van der Waals surface area contributed by atoms with E-state index in [4.69, 9.17) is 4.74 Å². The molecule has 0 radical (unpaired) electrons. The van der Waals surface area contributed by atoms with Crippen molar-refractivity contribution in [2.75, 3.05) is 12.4 Å². The minimum atomic E-state index is 0.343. The molecule has 0 spiro atoms. The summed E-state index contributed by atoms with van der Waals surface area (Å²) in [4.78, 5) is 4.54. The van der Waals surface area contributed by atoms with Crippen molar-refractivity contribution in [2.45, 2.75) is 33.4 Å². The Labute approximate surface area is 114 Å². The molecule has 0 unspecified atom stereocenters. The third-order valence-corrected chi connectivity index (χ3v) is 2.80. The van der Waals surface area contributed by atoms with Gasteiger partial charge in [0.15, 0.2) is 0 Å². The van der Waals surface area contributed by atoms with Gasteiger partial charge < -0.3 is 10.1 Å². The molecule has 1 N–H and O–H groups in total. The molecule has 0 aliphatic rings. The summed E-state index contributed by atoms with van der Waals surface area (Å²) in [5, 5.41) is 3.37. The molecule has 2 rings (SSSR count). The average molecular weight is 259 g/mol. The minimum absolute atomic E-state index is 0.343. The lowest BCUT2D eigenvalue weighted by Crippen LogP contribution is -2.14. The number of rotatable bonds is 5. The fraction of sp³-hybridized carbons (Fsp3) is 0.400. The van der Waals surface area contributed by atoms with E-state index in [1.807, 2.05) is 25.3 Å². The van der Waals surface area contributed by atoms with Gasteiger partial charge in [0.1, 0.15) is 0 Å². The van der Waals surface area contributed by atoms with Crippen molar-refractivity contribution >= 4 is 5.95 Å². The Morgan fingerprint density at radius 2 is 2.05 bits per heavy atom. The lowest BCUT2D eigenvalue weighted by atomic mass is 10.2. The monoisotopic (exact) mass is 259 g/mol. The maximum Gasteiger partial charge on any atom is 0.207 e. The van der Waals surface area contributed by atoms with Gasteiger partial charge in [0.2, 0.25) is 5.95 Å². The smallest absolute Gasteiger partial charge is 0.207 e. The first-order valence-corrected chi connectivity index (χ1v) is 6.51. The van der Waals surface area contributed by atoms with Crippen LogP contribution in [0.2, 0.25) is 0 Å². The fourth-order valence-electron chi connectivity index (χ4n) is 2.06. The summed E-state index contributed by atoms with van der Waals surface area (Å²) >= 11 is 0. The van der Waals surface area contributed by atoms with Crippen molar-refractivity contribution in [1.29, 1.82) is 0 Å². The number of ether oxygens (including phenoxy) is 1. The van der Waals surface area contributed by atoms with Crippen LogP contribution in [-0.2, 0) is 11.3 Å². The van der Waals surface area contributed by atoms with Gasteiger partial charge in [-0.2, -0.15) is 0 Å². The summed E-state index contributed by atoms with van der Waals surface area (Å²) in [6, 6.07) is 8.56. The van der Waals surface area contributed by atoms with Crippen molar-refractivity contribution in [2.24, 2.45) is 0 Å². The topological polar surface area (TPSA) is 39.1 Å². The van der Waals surface area contributed by atoms with E-state index in [0.717, 1.165) is 22.9 Å². The molecule has 0 aliphatic carbocycles. The van der Waals surface area contributed by atoms with Gasteiger partial charge in [-0.15, -0.1) is 0 Å². The van der Waals surface area contributed by atoms with E-state index >= 15 is 0 Å². The Hall–Kier alpha value is -1.81. The number of imidazole rings is 1. The van der Waals surface area contributed by atoms with Crippen LogP contribution in [-0.4, -0.2) is 22.7 Å². The summed E-state index contributed by atoms with van der Waals surface area (Å²) < 4.78 is 7.35. The van der Waals surface area contributed by atoms with Crippen molar-refractivity contribution in [3.05, 3.63) is 41.7 Å². The van der Waals surface area contributed by atoms with Crippen LogP contribution in [0.3, 0.4) is 0 Å². The number of benzene rings is 1. The second-order valence-corrected chi connectivity index (χ2v) is 4.94. The van der Waals surface area contributed by atoms with Crippen LogP contribution in [0.25, 0.3) is 5.69 Å². The molecule has 102 valence electrons. The van der Waals surface area contributed by atoms with Gasteiger partial charge in [-0.05, 0) is 26.8 Å². The Balaban J connectivity index is 2.46. The highest BCUT2D eigenvalue weighted by atomic mass is 16.5. The van der Waals surface area contributed by atoms with Gasteiger partial charge in [0.25, 0.3) is 0 Å². The second-order valence-electron chi connectivity index (χ2n) is 4.94. The normalized spacial score (nSPS) is 11.0. The van der Waals surface area contributed by atoms with Crippen molar-refractivity contribution in [1.82, 2.24) is 9.55 Å². The number of nitrogens with one attached hydrogen (secondary N) is 1. The fourth-order valence-corrected chi connectivity index (χ4v) is 2.06. The molecule has 0 amide bonds. The predicted octanol–water partition coefficient (Wildman–Crippen LogP) is 3.15. The number of hydrogen-bond acceptors (Lipinski definition) is 3. The molecule has 0 bridgehead atoms. The summed E-state index contributed by atoms with van der Waals surface area (Å²) in [7, 11) is 1.71. The SMILES string of the molecule is COCc1ccccc1-n1cc(C)nc1NC(C)C. The quantitative estimate of drug-likeness (QED) is 0.896. The highest BCUT2D eigenvalue weighted by molar-refractivity contribution is 5.48. The first-order chi connectivity index (χ1) is 9.11. The minimum Gasteiger partial charge on any atom is -0.380 e. The molecule has 2 aromatic rings. The zero-order valence-corrected chi connectivity index (χ0v) is 12.0. The van der Waals surface area contributed by atoms with Gasteiger partial charge in [-0.25, -0.2) is 4.98 Å². The summed E-state index contributed by atoms with van der Waals surface area (Å²) in [6.45, 7) is 6.81. The Morgan fingerprint density at radius 3 is 2.74 bits per heavy atom. The number of nitrogens with zero attached hydrogens (tertiary/aromatic N) is 2. The lowest BCUT2D eigenvalue weighted by molar-refractivity contribution is 0.185. The second kappa shape index (κ2) is 5.89. The lowest BCUT2D eigenvalue weighted by Gasteiger charge is -2.15. The average Bonchev–Trinajstić information content (AvgIpc) is 2.70. The van der Waals surface area contributed by atoms with Gasteiger partial charge >= 0.3 is 0 Å². The summed E-state index contributed by atoms with van der Waals surface area (Å²) in [5.74, 6) is 0.871. The number of para-hydroxylation sites is 1. The molecule has 0 fully saturated rings. The van der Waals surface area contributed by atoms with Crippen molar-refractivity contribution < 1.29 is 4.74 Å². The highest BCUT2D eigenvalue weighted by Gasteiger charge is 2.11. The molecule has 4 heteroatoms. The first-order valence-electron chi connectivity index (χ1n) is 6.51. The van der Waals surface area contributed by atoms with Crippen LogP contribution in [0.4, 0.5) is 5.95 Å². The number of aryl methyl sites for hydroxylation is 1. The van der Waals surface area contributed by atoms with Crippen LogP contribution in [0, 0.1) is 6.92 Å². The van der Waals surface area contributed by atoms with Gasteiger partial charge in [0.05, 0.1) is 18.0 Å². The highest BCUT2D eigenvalue weighted by Crippen LogP contribution is 2.21.